The number of carbonyl (C=O) groups is 1. The fourth-order valence-electron chi connectivity index (χ4n) is 2.77. The molecule has 1 saturated heterocycles. The third-order valence-corrected chi connectivity index (χ3v) is 4.09. The first-order valence-corrected chi connectivity index (χ1v) is 9.55. The lowest BCUT2D eigenvalue weighted by molar-refractivity contribution is 0.0657. The highest BCUT2D eigenvalue weighted by molar-refractivity contribution is 5.91. The summed E-state index contributed by atoms with van der Waals surface area (Å²) in [5.41, 5.74) is 0. The molecule has 0 saturated carbocycles. The highest BCUT2D eigenvalue weighted by Crippen LogP contribution is 2.09. The summed E-state index contributed by atoms with van der Waals surface area (Å²) in [6.07, 6.45) is 2.45. The monoisotopic (exact) mass is 364 g/mol. The molecule has 1 aromatic rings. The summed E-state index contributed by atoms with van der Waals surface area (Å²) < 4.78 is 10.8. The minimum atomic E-state index is -0.0427. The Morgan fingerprint density at radius 1 is 1.31 bits per heavy atom. The molecule has 1 aliphatic rings. The van der Waals surface area contributed by atoms with Crippen LogP contribution < -0.4 is 5.32 Å². The average molecular weight is 364 g/mol. The van der Waals surface area contributed by atoms with Crippen molar-refractivity contribution >= 4 is 11.9 Å². The first-order valence-electron chi connectivity index (χ1n) is 9.55. The maximum absolute atomic E-state index is 12.3. The van der Waals surface area contributed by atoms with Crippen molar-refractivity contribution in [1.82, 2.24) is 15.1 Å². The molecule has 1 amide bonds. The van der Waals surface area contributed by atoms with Crippen LogP contribution in [0.2, 0.25) is 0 Å². The molecule has 2 heterocycles. The van der Waals surface area contributed by atoms with E-state index in [1.807, 2.05) is 4.90 Å². The summed E-state index contributed by atoms with van der Waals surface area (Å²) in [6, 6.07) is 3.45. The van der Waals surface area contributed by atoms with Crippen molar-refractivity contribution in [1.29, 1.82) is 0 Å². The summed E-state index contributed by atoms with van der Waals surface area (Å²) in [6.45, 7) is 12.3. The molecule has 7 nitrogen and oxygen atoms in total. The van der Waals surface area contributed by atoms with Crippen LogP contribution in [0.5, 0.6) is 0 Å². The SMILES string of the molecule is CCNC(=NCCCOCC(C)C)N1CCN(C(=O)c2ccco2)CC1. The maximum Gasteiger partial charge on any atom is 0.289 e. The topological polar surface area (TPSA) is 70.3 Å². The fourth-order valence-corrected chi connectivity index (χ4v) is 2.77. The minimum absolute atomic E-state index is 0.0427. The zero-order valence-electron chi connectivity index (χ0n) is 16.2. The highest BCUT2D eigenvalue weighted by Gasteiger charge is 2.25. The zero-order valence-corrected chi connectivity index (χ0v) is 16.2. The van der Waals surface area contributed by atoms with Gasteiger partial charge in [0, 0.05) is 52.5 Å². The Morgan fingerprint density at radius 2 is 2.04 bits per heavy atom. The highest BCUT2D eigenvalue weighted by atomic mass is 16.5. The van der Waals surface area contributed by atoms with E-state index >= 15 is 0 Å². The molecule has 0 bridgehead atoms. The molecule has 1 N–H and O–H groups in total. The summed E-state index contributed by atoms with van der Waals surface area (Å²) >= 11 is 0. The van der Waals surface area contributed by atoms with Crippen molar-refractivity contribution in [3.05, 3.63) is 24.2 Å². The van der Waals surface area contributed by atoms with Crippen molar-refractivity contribution < 1.29 is 13.9 Å². The lowest BCUT2D eigenvalue weighted by Crippen LogP contribution is -2.53. The second-order valence-electron chi connectivity index (χ2n) is 6.81. The van der Waals surface area contributed by atoms with Gasteiger partial charge in [0.25, 0.3) is 5.91 Å². The second kappa shape index (κ2) is 10.9. The number of rotatable bonds is 8. The number of furan rings is 1. The van der Waals surface area contributed by atoms with Crippen LogP contribution in [-0.4, -0.2) is 74.1 Å². The number of guanidine groups is 1. The quantitative estimate of drug-likeness (QED) is 0.434. The molecule has 2 rings (SSSR count). The number of nitrogens with one attached hydrogen (secondary N) is 1. The Kier molecular flexibility index (Phi) is 8.47. The normalized spacial score (nSPS) is 15.6. The summed E-state index contributed by atoms with van der Waals surface area (Å²) in [5, 5.41) is 3.35. The number of amides is 1. The van der Waals surface area contributed by atoms with Crippen LogP contribution in [-0.2, 0) is 4.74 Å². The standard InChI is InChI=1S/C19H32N4O3/c1-4-20-19(21-8-6-13-25-15-16(2)3)23-11-9-22(10-12-23)18(24)17-7-5-14-26-17/h5,7,14,16H,4,6,8-13,15H2,1-3H3,(H,20,21). The molecule has 0 spiro atoms. The van der Waals surface area contributed by atoms with E-state index in [9.17, 15) is 4.79 Å². The van der Waals surface area contributed by atoms with Crippen LogP contribution in [0.25, 0.3) is 0 Å². The van der Waals surface area contributed by atoms with E-state index in [1.165, 1.54) is 6.26 Å². The van der Waals surface area contributed by atoms with Gasteiger partial charge in [0.2, 0.25) is 0 Å². The third-order valence-electron chi connectivity index (χ3n) is 4.09. The summed E-state index contributed by atoms with van der Waals surface area (Å²) in [7, 11) is 0. The van der Waals surface area contributed by atoms with Crippen molar-refractivity contribution in [2.24, 2.45) is 10.9 Å². The molecule has 26 heavy (non-hydrogen) atoms. The minimum Gasteiger partial charge on any atom is -0.459 e. The van der Waals surface area contributed by atoms with Crippen LogP contribution in [0.3, 0.4) is 0 Å². The molecule has 0 aliphatic carbocycles. The van der Waals surface area contributed by atoms with Gasteiger partial charge in [0.1, 0.15) is 0 Å². The van der Waals surface area contributed by atoms with Crippen molar-refractivity contribution in [2.75, 3.05) is 52.5 Å². The van der Waals surface area contributed by atoms with Crippen LogP contribution in [0.4, 0.5) is 0 Å². The molecule has 0 unspecified atom stereocenters. The molecule has 1 aliphatic heterocycles. The van der Waals surface area contributed by atoms with Crippen LogP contribution in [0, 0.1) is 5.92 Å². The molecule has 7 heteroatoms. The average Bonchev–Trinajstić information content (AvgIpc) is 3.17. The molecule has 1 fully saturated rings. The van der Waals surface area contributed by atoms with E-state index in [2.05, 4.69) is 31.0 Å². The van der Waals surface area contributed by atoms with Crippen LogP contribution in [0.15, 0.2) is 27.8 Å². The third kappa shape index (κ3) is 6.37. The molecule has 146 valence electrons. The van der Waals surface area contributed by atoms with Gasteiger partial charge >= 0.3 is 0 Å². The second-order valence-corrected chi connectivity index (χ2v) is 6.81. The number of ether oxygens (including phenoxy) is 1. The first kappa shape index (κ1) is 20.3. The smallest absolute Gasteiger partial charge is 0.289 e. The van der Waals surface area contributed by atoms with Gasteiger partial charge in [-0.1, -0.05) is 13.8 Å². The molecular weight excluding hydrogens is 332 g/mol. The fraction of sp³-hybridized carbons (Fsp3) is 0.684. The Hall–Kier alpha value is -2.02. The van der Waals surface area contributed by atoms with E-state index in [-0.39, 0.29) is 5.91 Å². The van der Waals surface area contributed by atoms with Crippen LogP contribution >= 0.6 is 0 Å². The van der Waals surface area contributed by atoms with Crippen LogP contribution in [0.1, 0.15) is 37.7 Å². The molecule has 0 radical (unpaired) electrons. The Morgan fingerprint density at radius 3 is 2.65 bits per heavy atom. The molecule has 0 atom stereocenters. The van der Waals surface area contributed by atoms with Crippen molar-refractivity contribution in [3.63, 3.8) is 0 Å². The van der Waals surface area contributed by atoms with Gasteiger partial charge in [0.15, 0.2) is 11.7 Å². The Bertz CT molecular complexity index is 549. The van der Waals surface area contributed by atoms with Crippen molar-refractivity contribution in [2.45, 2.75) is 27.2 Å². The van der Waals surface area contributed by atoms with E-state index in [4.69, 9.17) is 14.1 Å². The largest absolute Gasteiger partial charge is 0.459 e. The van der Waals surface area contributed by atoms with Gasteiger partial charge in [-0.05, 0) is 31.4 Å². The van der Waals surface area contributed by atoms with E-state index in [1.54, 1.807) is 12.1 Å². The van der Waals surface area contributed by atoms with Gasteiger partial charge in [-0.25, -0.2) is 0 Å². The van der Waals surface area contributed by atoms with Gasteiger partial charge in [0.05, 0.1) is 6.26 Å². The van der Waals surface area contributed by atoms with E-state index in [0.29, 0.717) is 24.8 Å². The van der Waals surface area contributed by atoms with E-state index in [0.717, 1.165) is 51.8 Å². The lowest BCUT2D eigenvalue weighted by Gasteiger charge is -2.36. The zero-order chi connectivity index (χ0) is 18.8. The molecule has 1 aromatic heterocycles. The summed E-state index contributed by atoms with van der Waals surface area (Å²) in [5.74, 6) is 1.84. The Labute approximate surface area is 156 Å². The lowest BCUT2D eigenvalue weighted by atomic mass is 10.2. The number of hydrogen-bond acceptors (Lipinski definition) is 4. The van der Waals surface area contributed by atoms with E-state index < -0.39 is 0 Å². The maximum atomic E-state index is 12.3. The molecular formula is C19H32N4O3. The number of hydrogen-bond donors (Lipinski definition) is 1. The number of piperazine rings is 1. The molecule has 0 aromatic carbocycles. The number of aliphatic imine (C=N–C) groups is 1. The van der Waals surface area contributed by atoms with Gasteiger partial charge in [-0.15, -0.1) is 0 Å². The number of nitrogens with zero attached hydrogens (tertiary/aromatic N) is 3. The van der Waals surface area contributed by atoms with Gasteiger partial charge in [-0.2, -0.15) is 0 Å². The first-order chi connectivity index (χ1) is 12.6. The predicted molar refractivity (Wildman–Crippen MR) is 102 cm³/mol. The Balaban J connectivity index is 1.77. The predicted octanol–water partition coefficient (Wildman–Crippen LogP) is 2.07. The van der Waals surface area contributed by atoms with Crippen molar-refractivity contribution in [3.8, 4) is 0 Å². The number of carbonyl (C=O) groups excluding carboxylic acids is 1. The van der Waals surface area contributed by atoms with Gasteiger partial charge in [-0.3, -0.25) is 9.79 Å². The summed E-state index contributed by atoms with van der Waals surface area (Å²) in [4.78, 5) is 21.1. The van der Waals surface area contributed by atoms with Gasteiger partial charge < -0.3 is 24.3 Å².